The molecule has 0 rings (SSSR count). The predicted molar refractivity (Wildman–Crippen MR) is 27.7 cm³/mol. The van der Waals surface area contributed by atoms with Gasteiger partial charge >= 0.3 is 0 Å². The molecule has 56 valence electrons. The summed E-state index contributed by atoms with van der Waals surface area (Å²) in [6.07, 6.45) is -6.64. The van der Waals surface area contributed by atoms with Crippen molar-refractivity contribution in [1.82, 2.24) is 0 Å². The van der Waals surface area contributed by atoms with Gasteiger partial charge in [-0.15, -0.1) is 0 Å². The lowest BCUT2D eigenvalue weighted by atomic mass is 10.2. The lowest BCUT2D eigenvalue weighted by molar-refractivity contribution is 0.0420. The van der Waals surface area contributed by atoms with Crippen molar-refractivity contribution in [1.29, 1.82) is 0 Å². The SMILES string of the molecule is NC(N)CC(F)C(F)F. The van der Waals surface area contributed by atoms with E-state index in [0.717, 1.165) is 0 Å². The third-order valence-corrected chi connectivity index (χ3v) is 0.771. The van der Waals surface area contributed by atoms with Crippen LogP contribution in [0.2, 0.25) is 0 Å². The number of nitrogens with two attached hydrogens (primary N) is 2. The number of halogens is 3. The standard InChI is InChI=1S/C4H9F3N2/c5-2(4(6)7)1-3(8)9/h2-4H,1,8-9H2. The van der Waals surface area contributed by atoms with Gasteiger partial charge in [-0.25, -0.2) is 13.2 Å². The van der Waals surface area contributed by atoms with E-state index in [1.807, 2.05) is 0 Å². The first-order valence-electron chi connectivity index (χ1n) is 2.47. The van der Waals surface area contributed by atoms with Gasteiger partial charge in [-0.2, -0.15) is 0 Å². The van der Waals surface area contributed by atoms with Gasteiger partial charge in [-0.1, -0.05) is 0 Å². The van der Waals surface area contributed by atoms with Crippen LogP contribution in [0.5, 0.6) is 0 Å². The molecule has 0 bridgehead atoms. The van der Waals surface area contributed by atoms with Crippen molar-refractivity contribution in [2.45, 2.75) is 25.2 Å². The summed E-state index contributed by atoms with van der Waals surface area (Å²) in [4.78, 5) is 0. The lowest BCUT2D eigenvalue weighted by Gasteiger charge is -2.08. The summed E-state index contributed by atoms with van der Waals surface area (Å²) in [6.45, 7) is 0. The van der Waals surface area contributed by atoms with E-state index >= 15 is 0 Å². The molecule has 0 saturated carbocycles. The van der Waals surface area contributed by atoms with Crippen molar-refractivity contribution in [3.8, 4) is 0 Å². The van der Waals surface area contributed by atoms with Gasteiger partial charge in [-0.3, -0.25) is 0 Å². The fourth-order valence-electron chi connectivity index (χ4n) is 0.363. The Labute approximate surface area is 51.0 Å². The molecule has 1 atom stereocenters. The molecule has 5 heteroatoms. The minimum Gasteiger partial charge on any atom is -0.316 e. The quantitative estimate of drug-likeness (QED) is 0.554. The van der Waals surface area contributed by atoms with Crippen LogP contribution in [0.25, 0.3) is 0 Å². The van der Waals surface area contributed by atoms with E-state index in [2.05, 4.69) is 0 Å². The molecule has 0 spiro atoms. The molecule has 0 aliphatic carbocycles. The summed E-state index contributed by atoms with van der Waals surface area (Å²) in [5.74, 6) is 0. The topological polar surface area (TPSA) is 52.0 Å². The Bertz CT molecular complexity index is 76.2. The number of alkyl halides is 3. The summed E-state index contributed by atoms with van der Waals surface area (Å²) in [5, 5.41) is 0. The van der Waals surface area contributed by atoms with E-state index in [-0.39, 0.29) is 0 Å². The van der Waals surface area contributed by atoms with Crippen LogP contribution >= 0.6 is 0 Å². The van der Waals surface area contributed by atoms with Gasteiger partial charge in [0.2, 0.25) is 0 Å². The second-order valence-corrected chi connectivity index (χ2v) is 1.75. The Morgan fingerprint density at radius 3 is 1.67 bits per heavy atom. The molecule has 0 fully saturated rings. The lowest BCUT2D eigenvalue weighted by Crippen LogP contribution is -2.35. The molecule has 0 aromatic carbocycles. The highest BCUT2D eigenvalue weighted by Gasteiger charge is 2.20. The zero-order chi connectivity index (χ0) is 7.44. The van der Waals surface area contributed by atoms with Crippen molar-refractivity contribution in [3.05, 3.63) is 0 Å². The van der Waals surface area contributed by atoms with Gasteiger partial charge in [0.15, 0.2) is 6.17 Å². The molecule has 2 nitrogen and oxygen atoms in total. The Morgan fingerprint density at radius 2 is 1.56 bits per heavy atom. The zero-order valence-corrected chi connectivity index (χ0v) is 4.73. The largest absolute Gasteiger partial charge is 0.316 e. The normalized spacial score (nSPS) is 15.0. The second kappa shape index (κ2) is 3.68. The van der Waals surface area contributed by atoms with E-state index in [0.29, 0.717) is 0 Å². The van der Waals surface area contributed by atoms with Crippen LogP contribution in [0.3, 0.4) is 0 Å². The molecule has 0 radical (unpaired) electrons. The van der Waals surface area contributed by atoms with Crippen molar-refractivity contribution in [3.63, 3.8) is 0 Å². The Kier molecular flexibility index (Phi) is 3.56. The maximum atomic E-state index is 11.9. The highest BCUT2D eigenvalue weighted by Crippen LogP contribution is 2.08. The summed E-state index contributed by atoms with van der Waals surface area (Å²) in [7, 11) is 0. The van der Waals surface area contributed by atoms with E-state index in [4.69, 9.17) is 11.5 Å². The Balaban J connectivity index is 3.38. The van der Waals surface area contributed by atoms with Crippen LogP contribution in [0, 0.1) is 0 Å². The fraction of sp³-hybridized carbons (Fsp3) is 1.00. The molecule has 1 unspecified atom stereocenters. The molecular weight excluding hydrogens is 133 g/mol. The summed E-state index contributed by atoms with van der Waals surface area (Å²) >= 11 is 0. The van der Waals surface area contributed by atoms with Gasteiger partial charge in [0.1, 0.15) is 0 Å². The molecule has 0 aliphatic heterocycles. The maximum Gasteiger partial charge on any atom is 0.269 e. The fourth-order valence-corrected chi connectivity index (χ4v) is 0.363. The highest BCUT2D eigenvalue weighted by atomic mass is 19.3. The third-order valence-electron chi connectivity index (χ3n) is 0.771. The molecule has 0 aliphatic rings. The predicted octanol–water partition coefficient (Wildman–Crippen LogP) is 0.223. The van der Waals surface area contributed by atoms with Crippen LogP contribution in [0.4, 0.5) is 13.2 Å². The van der Waals surface area contributed by atoms with Crippen molar-refractivity contribution in [2.24, 2.45) is 11.5 Å². The van der Waals surface area contributed by atoms with Crippen LogP contribution in [-0.4, -0.2) is 18.8 Å². The van der Waals surface area contributed by atoms with Gasteiger partial charge < -0.3 is 11.5 Å². The van der Waals surface area contributed by atoms with E-state index in [1.165, 1.54) is 0 Å². The van der Waals surface area contributed by atoms with Crippen molar-refractivity contribution in [2.75, 3.05) is 0 Å². The van der Waals surface area contributed by atoms with Crippen LogP contribution < -0.4 is 11.5 Å². The second-order valence-electron chi connectivity index (χ2n) is 1.75. The summed E-state index contributed by atoms with van der Waals surface area (Å²) in [5.41, 5.74) is 9.67. The minimum absolute atomic E-state index is 0.488. The summed E-state index contributed by atoms with van der Waals surface area (Å²) < 4.78 is 34.5. The molecule has 0 aromatic heterocycles. The van der Waals surface area contributed by atoms with Crippen molar-refractivity contribution >= 4 is 0 Å². The van der Waals surface area contributed by atoms with Gasteiger partial charge in [0, 0.05) is 6.42 Å². The first-order chi connectivity index (χ1) is 4.04. The monoisotopic (exact) mass is 142 g/mol. The van der Waals surface area contributed by atoms with E-state index in [1.54, 1.807) is 0 Å². The first-order valence-corrected chi connectivity index (χ1v) is 2.47. The minimum atomic E-state index is -2.97. The Morgan fingerprint density at radius 1 is 1.11 bits per heavy atom. The average molecular weight is 142 g/mol. The average Bonchev–Trinajstić information content (AvgIpc) is 1.63. The Hall–Kier alpha value is -0.290. The van der Waals surface area contributed by atoms with Crippen LogP contribution in [0.1, 0.15) is 6.42 Å². The molecule has 4 N–H and O–H groups in total. The molecule has 0 heterocycles. The summed E-state index contributed by atoms with van der Waals surface area (Å²) in [6, 6.07) is 0. The van der Waals surface area contributed by atoms with Gasteiger partial charge in [-0.05, 0) is 0 Å². The number of hydrogen-bond donors (Lipinski definition) is 2. The van der Waals surface area contributed by atoms with Crippen LogP contribution in [0.15, 0.2) is 0 Å². The highest BCUT2D eigenvalue weighted by molar-refractivity contribution is 4.63. The molecule has 0 saturated heterocycles. The third kappa shape index (κ3) is 4.23. The van der Waals surface area contributed by atoms with E-state index in [9.17, 15) is 13.2 Å². The smallest absolute Gasteiger partial charge is 0.269 e. The van der Waals surface area contributed by atoms with E-state index < -0.39 is 25.2 Å². The van der Waals surface area contributed by atoms with Crippen molar-refractivity contribution < 1.29 is 13.2 Å². The molecular formula is C4H9F3N2. The van der Waals surface area contributed by atoms with Crippen LogP contribution in [-0.2, 0) is 0 Å². The molecule has 0 aromatic rings. The number of hydrogen-bond acceptors (Lipinski definition) is 2. The van der Waals surface area contributed by atoms with Gasteiger partial charge in [0.25, 0.3) is 6.43 Å². The maximum absolute atomic E-state index is 11.9. The molecule has 0 amide bonds. The molecule has 9 heavy (non-hydrogen) atoms. The van der Waals surface area contributed by atoms with Gasteiger partial charge in [0.05, 0.1) is 6.17 Å². The zero-order valence-electron chi connectivity index (χ0n) is 4.73. The number of rotatable bonds is 3. The first kappa shape index (κ1) is 8.71.